The number of carbonyl (C=O) groups is 1. The molecular weight excluding hydrogens is 350 g/mol. The smallest absolute Gasteiger partial charge is 0.324 e. The normalized spacial score (nSPS) is 10.8. The van der Waals surface area contributed by atoms with E-state index in [4.69, 9.17) is 11.6 Å². The zero-order valence-electron chi connectivity index (χ0n) is 13.4. The molecule has 0 aliphatic rings. The van der Waals surface area contributed by atoms with E-state index in [-0.39, 0.29) is 17.5 Å². The molecule has 6 nitrogen and oxygen atoms in total. The minimum Gasteiger partial charge on any atom is -0.348 e. The average Bonchev–Trinajstić information content (AvgIpc) is 2.98. The van der Waals surface area contributed by atoms with Crippen LogP contribution in [0.25, 0.3) is 0 Å². The van der Waals surface area contributed by atoms with Crippen LogP contribution >= 0.6 is 22.9 Å². The summed E-state index contributed by atoms with van der Waals surface area (Å²) in [6, 6.07) is 10.7. The summed E-state index contributed by atoms with van der Waals surface area (Å²) in [6.07, 6.45) is 0. The SMILES string of the molecule is CN(C)C(=O)CN(Cc1ccc(Cl)cc1)Cc1ccc([N+](=O)[O-])s1. The molecule has 0 fully saturated rings. The lowest BCUT2D eigenvalue weighted by atomic mass is 10.2. The predicted octanol–water partition coefficient (Wildman–Crippen LogP) is 3.40. The molecule has 0 unspecified atom stereocenters. The van der Waals surface area contributed by atoms with Crippen LogP contribution < -0.4 is 0 Å². The van der Waals surface area contributed by atoms with Crippen molar-refractivity contribution in [3.05, 3.63) is 62.0 Å². The lowest BCUT2D eigenvalue weighted by Crippen LogP contribution is -2.35. The Morgan fingerprint density at radius 3 is 2.38 bits per heavy atom. The fourth-order valence-corrected chi connectivity index (χ4v) is 3.11. The lowest BCUT2D eigenvalue weighted by Gasteiger charge is -2.23. The molecular formula is C16H18ClN3O3S. The molecule has 0 radical (unpaired) electrons. The standard InChI is InChI=1S/C16H18ClN3O3S/c1-18(2)15(21)11-19(9-12-3-5-13(17)6-4-12)10-14-7-8-16(24-14)20(22)23/h3-8H,9-11H2,1-2H3. The average molecular weight is 368 g/mol. The van der Waals surface area contributed by atoms with E-state index in [1.165, 1.54) is 11.0 Å². The first-order chi connectivity index (χ1) is 11.3. The highest BCUT2D eigenvalue weighted by Crippen LogP contribution is 2.25. The molecule has 2 aromatic rings. The van der Waals surface area contributed by atoms with Crippen LogP contribution in [0, 0.1) is 10.1 Å². The van der Waals surface area contributed by atoms with Gasteiger partial charge in [0.25, 0.3) is 0 Å². The predicted molar refractivity (Wildman–Crippen MR) is 95.2 cm³/mol. The number of benzene rings is 1. The highest BCUT2D eigenvalue weighted by atomic mass is 35.5. The van der Waals surface area contributed by atoms with Gasteiger partial charge in [0.15, 0.2) is 0 Å². The van der Waals surface area contributed by atoms with Gasteiger partial charge in [-0.3, -0.25) is 19.8 Å². The van der Waals surface area contributed by atoms with Crippen LogP contribution in [0.3, 0.4) is 0 Å². The summed E-state index contributed by atoms with van der Waals surface area (Å²) in [5.41, 5.74) is 1.03. The number of halogens is 1. The van der Waals surface area contributed by atoms with Gasteiger partial charge in [-0.25, -0.2) is 0 Å². The van der Waals surface area contributed by atoms with Crippen LogP contribution in [0.15, 0.2) is 36.4 Å². The molecule has 1 amide bonds. The van der Waals surface area contributed by atoms with Gasteiger partial charge in [0, 0.05) is 43.2 Å². The highest BCUT2D eigenvalue weighted by molar-refractivity contribution is 7.15. The Kier molecular flexibility index (Phi) is 6.30. The minimum atomic E-state index is -0.400. The molecule has 0 atom stereocenters. The zero-order chi connectivity index (χ0) is 17.7. The number of rotatable bonds is 7. The third-order valence-electron chi connectivity index (χ3n) is 3.38. The van der Waals surface area contributed by atoms with Crippen molar-refractivity contribution in [3.8, 4) is 0 Å². The van der Waals surface area contributed by atoms with Gasteiger partial charge >= 0.3 is 5.00 Å². The van der Waals surface area contributed by atoms with E-state index in [2.05, 4.69) is 0 Å². The maximum absolute atomic E-state index is 12.1. The third kappa shape index (κ3) is 5.30. The van der Waals surface area contributed by atoms with Gasteiger partial charge in [-0.15, -0.1) is 0 Å². The first kappa shape index (κ1) is 18.4. The lowest BCUT2D eigenvalue weighted by molar-refractivity contribution is -0.380. The number of hydrogen-bond donors (Lipinski definition) is 0. The number of carbonyl (C=O) groups excluding carboxylic acids is 1. The molecule has 0 saturated carbocycles. The molecule has 2 rings (SSSR count). The monoisotopic (exact) mass is 367 g/mol. The van der Waals surface area contributed by atoms with E-state index in [0.29, 0.717) is 18.1 Å². The summed E-state index contributed by atoms with van der Waals surface area (Å²) in [4.78, 5) is 26.8. The second kappa shape index (κ2) is 8.23. The molecule has 8 heteroatoms. The van der Waals surface area contributed by atoms with E-state index in [9.17, 15) is 14.9 Å². The number of nitro groups is 1. The van der Waals surface area contributed by atoms with E-state index >= 15 is 0 Å². The summed E-state index contributed by atoms with van der Waals surface area (Å²) in [5, 5.41) is 11.6. The Morgan fingerprint density at radius 2 is 1.83 bits per heavy atom. The van der Waals surface area contributed by atoms with Gasteiger partial charge in [-0.1, -0.05) is 35.1 Å². The van der Waals surface area contributed by atoms with E-state index < -0.39 is 4.92 Å². The van der Waals surface area contributed by atoms with Crippen molar-refractivity contribution < 1.29 is 9.72 Å². The van der Waals surface area contributed by atoms with Crippen molar-refractivity contribution in [3.63, 3.8) is 0 Å². The summed E-state index contributed by atoms with van der Waals surface area (Å²) in [7, 11) is 3.41. The van der Waals surface area contributed by atoms with Gasteiger partial charge in [0.1, 0.15) is 0 Å². The summed E-state index contributed by atoms with van der Waals surface area (Å²) in [5.74, 6) is -0.0185. The van der Waals surface area contributed by atoms with Crippen molar-refractivity contribution in [1.82, 2.24) is 9.80 Å². The second-order valence-electron chi connectivity index (χ2n) is 5.56. The van der Waals surface area contributed by atoms with Gasteiger partial charge in [0.05, 0.1) is 11.5 Å². The van der Waals surface area contributed by atoms with E-state index in [1.807, 2.05) is 17.0 Å². The van der Waals surface area contributed by atoms with Crippen LogP contribution in [0.2, 0.25) is 5.02 Å². The van der Waals surface area contributed by atoms with Crippen LogP contribution in [0.1, 0.15) is 10.4 Å². The fraction of sp³-hybridized carbons (Fsp3) is 0.312. The highest BCUT2D eigenvalue weighted by Gasteiger charge is 2.16. The maximum atomic E-state index is 12.1. The van der Waals surface area contributed by atoms with Crippen molar-refractivity contribution in [2.75, 3.05) is 20.6 Å². The Labute approximate surface area is 149 Å². The van der Waals surface area contributed by atoms with Gasteiger partial charge in [0.2, 0.25) is 5.91 Å². The topological polar surface area (TPSA) is 66.7 Å². The number of amides is 1. The van der Waals surface area contributed by atoms with Gasteiger partial charge in [-0.05, 0) is 23.8 Å². The molecule has 0 aliphatic carbocycles. The van der Waals surface area contributed by atoms with Crippen LogP contribution in [0.5, 0.6) is 0 Å². The first-order valence-corrected chi connectivity index (χ1v) is 8.44. The number of likely N-dealkylation sites (N-methyl/N-ethyl adjacent to an activating group) is 1. The Hall–Kier alpha value is -1.96. The van der Waals surface area contributed by atoms with Crippen molar-refractivity contribution in [1.29, 1.82) is 0 Å². The van der Waals surface area contributed by atoms with Crippen LogP contribution in [0.4, 0.5) is 5.00 Å². The molecule has 0 spiro atoms. The third-order valence-corrected chi connectivity index (χ3v) is 4.66. The first-order valence-electron chi connectivity index (χ1n) is 7.25. The molecule has 1 aromatic heterocycles. The molecule has 0 aliphatic heterocycles. The summed E-state index contributed by atoms with van der Waals surface area (Å²) >= 11 is 7.03. The summed E-state index contributed by atoms with van der Waals surface area (Å²) < 4.78 is 0. The Morgan fingerprint density at radius 1 is 1.17 bits per heavy atom. The van der Waals surface area contributed by atoms with Crippen molar-refractivity contribution in [2.24, 2.45) is 0 Å². The number of hydrogen-bond acceptors (Lipinski definition) is 5. The van der Waals surface area contributed by atoms with Crippen LogP contribution in [-0.2, 0) is 17.9 Å². The number of thiophene rings is 1. The second-order valence-corrected chi connectivity index (χ2v) is 7.14. The maximum Gasteiger partial charge on any atom is 0.324 e. The molecule has 24 heavy (non-hydrogen) atoms. The number of nitrogens with zero attached hydrogens (tertiary/aromatic N) is 3. The fourth-order valence-electron chi connectivity index (χ4n) is 2.12. The van der Waals surface area contributed by atoms with Crippen molar-refractivity contribution in [2.45, 2.75) is 13.1 Å². The quantitative estimate of drug-likeness (QED) is 0.555. The molecule has 1 heterocycles. The molecule has 128 valence electrons. The molecule has 0 saturated heterocycles. The molecule has 1 aromatic carbocycles. The Bertz CT molecular complexity index is 716. The zero-order valence-corrected chi connectivity index (χ0v) is 15.0. The van der Waals surface area contributed by atoms with Crippen molar-refractivity contribution >= 4 is 33.8 Å². The van der Waals surface area contributed by atoms with Crippen LogP contribution in [-0.4, -0.2) is 41.3 Å². The Balaban J connectivity index is 2.13. The van der Waals surface area contributed by atoms with Gasteiger partial charge < -0.3 is 4.90 Å². The van der Waals surface area contributed by atoms with E-state index in [0.717, 1.165) is 21.8 Å². The summed E-state index contributed by atoms with van der Waals surface area (Å²) in [6.45, 7) is 1.27. The molecule has 0 bridgehead atoms. The molecule has 0 N–H and O–H groups in total. The largest absolute Gasteiger partial charge is 0.348 e. The van der Waals surface area contributed by atoms with Gasteiger partial charge in [-0.2, -0.15) is 0 Å². The van der Waals surface area contributed by atoms with E-state index in [1.54, 1.807) is 32.3 Å². The minimum absolute atomic E-state index is 0.0185.